The second-order valence-corrected chi connectivity index (χ2v) is 9.16. The van der Waals surface area contributed by atoms with Crippen LogP contribution in [0, 0.1) is 19.8 Å². The molecule has 32 heavy (non-hydrogen) atoms. The standard InChI is InChI=1S/C25H38N4O3/c1-18(2)21(5)29(15-22-14-19(3)6-7-20(22)4)16-24-27-23(17-32-24)25(30)26-8-9-28-10-12-31-13-11-28/h6-7,14,17-18,21H,8-13,15-16H2,1-5H3,(H,26,30). The number of amides is 1. The first-order chi connectivity index (χ1) is 15.3. The fourth-order valence-electron chi connectivity index (χ4n) is 3.86. The van der Waals surface area contributed by atoms with E-state index < -0.39 is 0 Å². The molecule has 1 aliphatic rings. The van der Waals surface area contributed by atoms with Crippen LogP contribution in [0.15, 0.2) is 28.9 Å². The molecule has 2 heterocycles. The van der Waals surface area contributed by atoms with Crippen molar-refractivity contribution in [3.8, 4) is 0 Å². The minimum absolute atomic E-state index is 0.189. The molecule has 7 heteroatoms. The van der Waals surface area contributed by atoms with Crippen molar-refractivity contribution >= 4 is 5.91 Å². The summed E-state index contributed by atoms with van der Waals surface area (Å²) in [5.41, 5.74) is 4.19. The number of rotatable bonds is 10. The monoisotopic (exact) mass is 442 g/mol. The first-order valence-corrected chi connectivity index (χ1v) is 11.7. The van der Waals surface area contributed by atoms with Gasteiger partial charge in [-0.2, -0.15) is 0 Å². The number of aryl methyl sites for hydroxylation is 2. The van der Waals surface area contributed by atoms with Gasteiger partial charge in [0, 0.05) is 38.8 Å². The minimum atomic E-state index is -0.189. The molecule has 7 nitrogen and oxygen atoms in total. The minimum Gasteiger partial charge on any atom is -0.447 e. The van der Waals surface area contributed by atoms with Crippen molar-refractivity contribution in [2.24, 2.45) is 5.92 Å². The third kappa shape index (κ3) is 6.89. The highest BCUT2D eigenvalue weighted by atomic mass is 16.5. The van der Waals surface area contributed by atoms with Gasteiger partial charge in [-0.15, -0.1) is 0 Å². The molecule has 1 aromatic carbocycles. The Morgan fingerprint density at radius 1 is 1.19 bits per heavy atom. The van der Waals surface area contributed by atoms with E-state index in [4.69, 9.17) is 9.15 Å². The quantitative estimate of drug-likeness (QED) is 0.608. The van der Waals surface area contributed by atoms with Crippen molar-refractivity contribution in [1.82, 2.24) is 20.1 Å². The molecule has 1 fully saturated rings. The van der Waals surface area contributed by atoms with Crippen LogP contribution >= 0.6 is 0 Å². The topological polar surface area (TPSA) is 70.8 Å². The largest absolute Gasteiger partial charge is 0.447 e. The van der Waals surface area contributed by atoms with E-state index in [1.807, 2.05) is 0 Å². The normalized spacial score (nSPS) is 16.0. The van der Waals surface area contributed by atoms with Crippen molar-refractivity contribution in [2.45, 2.75) is 53.8 Å². The second-order valence-electron chi connectivity index (χ2n) is 9.16. The van der Waals surface area contributed by atoms with Gasteiger partial charge in [0.15, 0.2) is 5.69 Å². The number of oxazole rings is 1. The number of ether oxygens (including phenoxy) is 1. The molecule has 0 saturated carbocycles. The fourth-order valence-corrected chi connectivity index (χ4v) is 3.86. The van der Waals surface area contributed by atoms with Gasteiger partial charge in [-0.25, -0.2) is 4.98 Å². The summed E-state index contributed by atoms with van der Waals surface area (Å²) in [5.74, 6) is 0.866. The van der Waals surface area contributed by atoms with Crippen LogP contribution in [0.25, 0.3) is 0 Å². The van der Waals surface area contributed by atoms with E-state index in [2.05, 4.69) is 72.9 Å². The summed E-state index contributed by atoms with van der Waals surface area (Å²) in [6, 6.07) is 6.91. The van der Waals surface area contributed by atoms with Gasteiger partial charge in [-0.3, -0.25) is 14.6 Å². The highest BCUT2D eigenvalue weighted by molar-refractivity contribution is 5.91. The molecule has 176 valence electrons. The Morgan fingerprint density at radius 2 is 1.94 bits per heavy atom. The maximum absolute atomic E-state index is 12.5. The molecule has 1 aromatic heterocycles. The lowest BCUT2D eigenvalue weighted by atomic mass is 10.0. The van der Waals surface area contributed by atoms with E-state index >= 15 is 0 Å². The predicted octanol–water partition coefficient (Wildman–Crippen LogP) is 3.40. The average Bonchev–Trinajstić information content (AvgIpc) is 3.24. The lowest BCUT2D eigenvalue weighted by molar-refractivity contribution is 0.0383. The molecule has 0 radical (unpaired) electrons. The van der Waals surface area contributed by atoms with Crippen LogP contribution in [-0.4, -0.2) is 66.1 Å². The predicted molar refractivity (Wildman–Crippen MR) is 126 cm³/mol. The number of hydrogen-bond donors (Lipinski definition) is 1. The van der Waals surface area contributed by atoms with Crippen molar-refractivity contribution in [3.63, 3.8) is 0 Å². The molecule has 0 spiro atoms. The molecule has 0 aliphatic carbocycles. The van der Waals surface area contributed by atoms with Gasteiger partial charge in [-0.1, -0.05) is 37.6 Å². The average molecular weight is 443 g/mol. The number of carbonyl (C=O) groups is 1. The van der Waals surface area contributed by atoms with E-state index in [0.29, 0.717) is 36.6 Å². The molecule has 1 unspecified atom stereocenters. The summed E-state index contributed by atoms with van der Waals surface area (Å²) in [6.07, 6.45) is 1.47. The SMILES string of the molecule is Cc1ccc(C)c(CN(Cc2nc(C(=O)NCCN3CCOCC3)co2)C(C)C(C)C)c1. The van der Waals surface area contributed by atoms with Crippen LogP contribution in [0.4, 0.5) is 0 Å². The smallest absolute Gasteiger partial charge is 0.273 e. The van der Waals surface area contributed by atoms with Gasteiger partial charge >= 0.3 is 0 Å². The van der Waals surface area contributed by atoms with Gasteiger partial charge in [0.2, 0.25) is 5.89 Å². The summed E-state index contributed by atoms with van der Waals surface area (Å²) >= 11 is 0. The lowest BCUT2D eigenvalue weighted by Gasteiger charge is -2.31. The highest BCUT2D eigenvalue weighted by Gasteiger charge is 2.22. The highest BCUT2D eigenvalue weighted by Crippen LogP contribution is 2.20. The number of morpholine rings is 1. The summed E-state index contributed by atoms with van der Waals surface area (Å²) < 4.78 is 11.1. The Balaban J connectivity index is 1.60. The molecule has 0 bridgehead atoms. The van der Waals surface area contributed by atoms with E-state index in [1.54, 1.807) is 0 Å². The number of nitrogens with one attached hydrogen (secondary N) is 1. The van der Waals surface area contributed by atoms with E-state index in [1.165, 1.54) is 23.0 Å². The number of aromatic nitrogens is 1. The summed E-state index contributed by atoms with van der Waals surface area (Å²) in [6.45, 7) is 17.1. The maximum atomic E-state index is 12.5. The van der Waals surface area contributed by atoms with E-state index in [9.17, 15) is 4.79 Å². The zero-order valence-electron chi connectivity index (χ0n) is 20.2. The van der Waals surface area contributed by atoms with Crippen molar-refractivity contribution < 1.29 is 13.9 Å². The molecule has 1 N–H and O–H groups in total. The summed E-state index contributed by atoms with van der Waals surface area (Å²) in [5, 5.41) is 2.95. The van der Waals surface area contributed by atoms with Crippen LogP contribution in [0.3, 0.4) is 0 Å². The van der Waals surface area contributed by atoms with Gasteiger partial charge in [0.05, 0.1) is 19.8 Å². The van der Waals surface area contributed by atoms with Crippen molar-refractivity contribution in [1.29, 1.82) is 0 Å². The first kappa shape index (κ1) is 24.4. The third-order valence-electron chi connectivity index (χ3n) is 6.36. The second kappa shape index (κ2) is 11.6. The number of hydrogen-bond acceptors (Lipinski definition) is 6. The fraction of sp³-hybridized carbons (Fsp3) is 0.600. The third-order valence-corrected chi connectivity index (χ3v) is 6.36. The molecule has 1 atom stereocenters. The Bertz CT molecular complexity index is 874. The molecule has 1 amide bonds. The summed E-state index contributed by atoms with van der Waals surface area (Å²) in [4.78, 5) is 21.7. The van der Waals surface area contributed by atoms with Gasteiger partial charge in [0.1, 0.15) is 6.26 Å². The van der Waals surface area contributed by atoms with Crippen LogP contribution in [0.1, 0.15) is 53.8 Å². The van der Waals surface area contributed by atoms with Crippen LogP contribution in [-0.2, 0) is 17.8 Å². The van der Waals surface area contributed by atoms with Gasteiger partial charge in [0.25, 0.3) is 5.91 Å². The van der Waals surface area contributed by atoms with E-state index in [-0.39, 0.29) is 5.91 Å². The van der Waals surface area contributed by atoms with Gasteiger partial charge < -0.3 is 14.5 Å². The Labute approximate surface area is 192 Å². The van der Waals surface area contributed by atoms with E-state index in [0.717, 1.165) is 39.4 Å². The first-order valence-electron chi connectivity index (χ1n) is 11.7. The molecular formula is C25H38N4O3. The lowest BCUT2D eigenvalue weighted by Crippen LogP contribution is -2.41. The van der Waals surface area contributed by atoms with Crippen LogP contribution in [0.5, 0.6) is 0 Å². The van der Waals surface area contributed by atoms with Crippen LogP contribution < -0.4 is 5.32 Å². The Morgan fingerprint density at radius 3 is 2.66 bits per heavy atom. The van der Waals surface area contributed by atoms with Crippen LogP contribution in [0.2, 0.25) is 0 Å². The van der Waals surface area contributed by atoms with Crippen molar-refractivity contribution in [3.05, 3.63) is 52.7 Å². The maximum Gasteiger partial charge on any atom is 0.273 e. The molecule has 1 aliphatic heterocycles. The molecule has 3 rings (SSSR count). The zero-order chi connectivity index (χ0) is 23.1. The Kier molecular flexibility index (Phi) is 8.84. The number of carbonyl (C=O) groups excluding carboxylic acids is 1. The summed E-state index contributed by atoms with van der Waals surface area (Å²) in [7, 11) is 0. The molecular weight excluding hydrogens is 404 g/mol. The van der Waals surface area contributed by atoms with Gasteiger partial charge in [-0.05, 0) is 37.8 Å². The van der Waals surface area contributed by atoms with Crippen molar-refractivity contribution in [2.75, 3.05) is 39.4 Å². The Hall–Kier alpha value is -2.22. The molecule has 2 aromatic rings. The number of nitrogens with zero attached hydrogens (tertiary/aromatic N) is 3. The number of benzene rings is 1. The zero-order valence-corrected chi connectivity index (χ0v) is 20.2. The molecule has 1 saturated heterocycles.